The molecule has 0 radical (unpaired) electrons. The highest BCUT2D eigenvalue weighted by Crippen LogP contribution is 2.42. The van der Waals surface area contributed by atoms with Gasteiger partial charge in [-0.25, -0.2) is 18.7 Å². The third-order valence-electron chi connectivity index (χ3n) is 8.57. The van der Waals surface area contributed by atoms with Crippen LogP contribution in [0.1, 0.15) is 38.4 Å². The molecule has 0 saturated carbocycles. The molecule has 210 valence electrons. The summed E-state index contributed by atoms with van der Waals surface area (Å²) in [7, 11) is 0. The highest BCUT2D eigenvalue weighted by atomic mass is 19.1. The van der Waals surface area contributed by atoms with Crippen molar-refractivity contribution >= 4 is 33.7 Å². The molecule has 41 heavy (non-hydrogen) atoms. The molecule has 2 aliphatic heterocycles. The quantitative estimate of drug-likeness (QED) is 0.301. The SMILES string of the molecule is CC(=O)N1CCC2(CC1)CN(c1ccc(-c3n[nH]c4ccc(O[C@H](C)c5c(F)cnc6[nH]cc(F)c56)cc34)cn1)C2. The number of carbonyl (C=O) groups is 1. The largest absolute Gasteiger partial charge is 0.486 e. The van der Waals surface area contributed by atoms with E-state index < -0.39 is 17.7 Å². The Hall–Kier alpha value is -4.54. The van der Waals surface area contributed by atoms with Gasteiger partial charge in [0.25, 0.3) is 0 Å². The maximum atomic E-state index is 14.7. The van der Waals surface area contributed by atoms with Gasteiger partial charge in [0.15, 0.2) is 5.82 Å². The molecule has 0 bridgehead atoms. The van der Waals surface area contributed by atoms with Gasteiger partial charge in [0, 0.05) is 67.4 Å². The van der Waals surface area contributed by atoms with Gasteiger partial charge < -0.3 is 19.5 Å². The van der Waals surface area contributed by atoms with E-state index in [4.69, 9.17) is 9.72 Å². The zero-order valence-corrected chi connectivity index (χ0v) is 22.7. The number of rotatable bonds is 5. The maximum Gasteiger partial charge on any atom is 0.219 e. The number of H-pyrrole nitrogens is 2. The third-order valence-corrected chi connectivity index (χ3v) is 8.57. The van der Waals surface area contributed by atoms with E-state index in [1.807, 2.05) is 35.4 Å². The van der Waals surface area contributed by atoms with Crippen LogP contribution in [-0.2, 0) is 4.79 Å². The predicted molar refractivity (Wildman–Crippen MR) is 151 cm³/mol. The lowest BCUT2D eigenvalue weighted by molar-refractivity contribution is -0.131. The van der Waals surface area contributed by atoms with Gasteiger partial charge in [-0.3, -0.25) is 9.89 Å². The molecule has 7 rings (SSSR count). The molecule has 2 aliphatic rings. The van der Waals surface area contributed by atoms with Crippen molar-refractivity contribution in [1.82, 2.24) is 30.0 Å². The molecule has 6 heterocycles. The van der Waals surface area contributed by atoms with Gasteiger partial charge in [0.2, 0.25) is 5.91 Å². The number of likely N-dealkylation sites (tertiary alicyclic amines) is 1. The fourth-order valence-corrected chi connectivity index (χ4v) is 6.26. The van der Waals surface area contributed by atoms with Gasteiger partial charge in [-0.1, -0.05) is 0 Å². The van der Waals surface area contributed by atoms with Crippen LogP contribution in [0.3, 0.4) is 0 Å². The molecule has 1 amide bonds. The Morgan fingerprint density at radius 3 is 2.61 bits per heavy atom. The molecule has 9 nitrogen and oxygen atoms in total. The number of nitrogens with zero attached hydrogens (tertiary/aromatic N) is 5. The molecule has 0 aliphatic carbocycles. The second-order valence-electron chi connectivity index (χ2n) is 11.2. The number of anilines is 1. The molecule has 2 fully saturated rings. The first-order valence-corrected chi connectivity index (χ1v) is 13.7. The Labute approximate surface area is 234 Å². The topological polar surface area (TPSA) is 103 Å². The van der Waals surface area contributed by atoms with Crippen molar-refractivity contribution in [3.8, 4) is 17.0 Å². The number of amides is 1. The van der Waals surface area contributed by atoms with E-state index in [9.17, 15) is 13.6 Å². The van der Waals surface area contributed by atoms with Crippen LogP contribution in [0.2, 0.25) is 0 Å². The number of halogens is 2. The van der Waals surface area contributed by atoms with Gasteiger partial charge in [-0.05, 0) is 50.1 Å². The van der Waals surface area contributed by atoms with Gasteiger partial charge in [-0.2, -0.15) is 5.10 Å². The minimum atomic E-state index is -0.769. The van der Waals surface area contributed by atoms with Crippen LogP contribution in [0.4, 0.5) is 14.6 Å². The average molecular weight is 558 g/mol. The molecule has 4 aromatic heterocycles. The molecule has 5 aromatic rings. The molecule has 1 spiro atoms. The first-order chi connectivity index (χ1) is 19.8. The zero-order valence-electron chi connectivity index (χ0n) is 22.7. The number of hydrogen-bond acceptors (Lipinski definition) is 6. The fourth-order valence-electron chi connectivity index (χ4n) is 6.26. The minimum absolute atomic E-state index is 0.0865. The summed E-state index contributed by atoms with van der Waals surface area (Å²) in [5.41, 5.74) is 3.05. The number of hydrogen-bond donors (Lipinski definition) is 2. The van der Waals surface area contributed by atoms with E-state index in [2.05, 4.69) is 25.1 Å². The number of benzene rings is 1. The molecule has 0 unspecified atom stereocenters. The Balaban J connectivity index is 1.08. The minimum Gasteiger partial charge on any atom is -0.486 e. The molecular formula is C30H29F2N7O2. The number of aromatic nitrogens is 5. The standard InChI is InChI=1S/C30H29F2N7O2/c1-17(26-22(31)13-34-29-27(26)23(32)14-35-29)41-20-4-5-24-21(11-20)28(37-36-24)19-3-6-25(33-12-19)39-15-30(16-39)7-9-38(10-8-30)18(2)40/h3-6,11-14,17H,7-10,15-16H2,1-2H3,(H,34,35)(H,36,37)/t17-/m1/s1. The lowest BCUT2D eigenvalue weighted by Crippen LogP contribution is -2.61. The Kier molecular flexibility index (Phi) is 5.91. The molecular weight excluding hydrogens is 528 g/mol. The van der Waals surface area contributed by atoms with Gasteiger partial charge in [0.1, 0.15) is 34.8 Å². The molecule has 1 atom stereocenters. The van der Waals surface area contributed by atoms with Crippen LogP contribution in [0.5, 0.6) is 5.75 Å². The summed E-state index contributed by atoms with van der Waals surface area (Å²) < 4.78 is 35.2. The zero-order chi connectivity index (χ0) is 28.3. The molecule has 2 N–H and O–H groups in total. The van der Waals surface area contributed by atoms with Crippen LogP contribution in [0, 0.1) is 17.0 Å². The number of fused-ring (bicyclic) bond motifs is 2. The maximum absolute atomic E-state index is 14.7. The lowest BCUT2D eigenvalue weighted by Gasteiger charge is -2.54. The predicted octanol–water partition coefficient (Wildman–Crippen LogP) is 5.37. The van der Waals surface area contributed by atoms with Gasteiger partial charge in [0.05, 0.1) is 17.1 Å². The van der Waals surface area contributed by atoms with Crippen molar-refractivity contribution in [3.63, 3.8) is 0 Å². The van der Waals surface area contributed by atoms with Crippen LogP contribution in [-0.4, -0.2) is 62.1 Å². The van der Waals surface area contributed by atoms with E-state index >= 15 is 0 Å². The van der Waals surface area contributed by atoms with Crippen LogP contribution in [0.15, 0.2) is 48.9 Å². The lowest BCUT2D eigenvalue weighted by atomic mass is 9.72. The summed E-state index contributed by atoms with van der Waals surface area (Å²) in [5.74, 6) is 0.374. The van der Waals surface area contributed by atoms with Crippen LogP contribution in [0.25, 0.3) is 33.2 Å². The van der Waals surface area contributed by atoms with Crippen molar-refractivity contribution < 1.29 is 18.3 Å². The summed E-state index contributed by atoms with van der Waals surface area (Å²) in [6.07, 6.45) is 5.34. The van der Waals surface area contributed by atoms with Gasteiger partial charge >= 0.3 is 0 Å². The number of piperidine rings is 1. The van der Waals surface area contributed by atoms with Gasteiger partial charge in [-0.15, -0.1) is 0 Å². The fraction of sp³-hybridized carbons (Fsp3) is 0.333. The van der Waals surface area contributed by atoms with E-state index in [0.29, 0.717) is 5.75 Å². The third kappa shape index (κ3) is 4.36. The van der Waals surface area contributed by atoms with E-state index in [-0.39, 0.29) is 27.9 Å². The Morgan fingerprint density at radius 2 is 1.88 bits per heavy atom. The van der Waals surface area contributed by atoms with Crippen molar-refractivity contribution in [1.29, 1.82) is 0 Å². The Morgan fingerprint density at radius 1 is 1.07 bits per heavy atom. The second kappa shape index (κ2) is 9.53. The number of carbonyl (C=O) groups excluding carboxylic acids is 1. The monoisotopic (exact) mass is 557 g/mol. The van der Waals surface area contributed by atoms with Crippen LogP contribution < -0.4 is 9.64 Å². The van der Waals surface area contributed by atoms with Crippen molar-refractivity contribution in [2.24, 2.45) is 5.41 Å². The van der Waals surface area contributed by atoms with Crippen molar-refractivity contribution in [2.75, 3.05) is 31.1 Å². The van der Waals surface area contributed by atoms with Crippen LogP contribution >= 0.6 is 0 Å². The van der Waals surface area contributed by atoms with E-state index in [0.717, 1.165) is 79.4 Å². The first-order valence-electron chi connectivity index (χ1n) is 13.7. The summed E-state index contributed by atoms with van der Waals surface area (Å²) in [4.78, 5) is 27.2. The van der Waals surface area contributed by atoms with Crippen molar-refractivity contribution in [2.45, 2.75) is 32.8 Å². The number of pyridine rings is 2. The second-order valence-corrected chi connectivity index (χ2v) is 11.2. The molecule has 11 heteroatoms. The average Bonchev–Trinajstić information content (AvgIpc) is 3.55. The summed E-state index contributed by atoms with van der Waals surface area (Å²) >= 11 is 0. The summed E-state index contributed by atoms with van der Waals surface area (Å²) in [6, 6.07) is 9.48. The smallest absolute Gasteiger partial charge is 0.219 e. The van der Waals surface area contributed by atoms with E-state index in [1.54, 1.807) is 19.9 Å². The number of nitrogens with one attached hydrogen (secondary N) is 2. The normalized spacial score (nSPS) is 17.3. The van der Waals surface area contributed by atoms with E-state index in [1.165, 1.54) is 0 Å². The number of ether oxygens (including phenoxy) is 1. The highest BCUT2D eigenvalue weighted by molar-refractivity contribution is 5.93. The van der Waals surface area contributed by atoms with Crippen molar-refractivity contribution in [3.05, 3.63) is 66.1 Å². The summed E-state index contributed by atoms with van der Waals surface area (Å²) in [6.45, 7) is 6.88. The number of aromatic amines is 2. The molecule has 1 aromatic carbocycles. The molecule has 2 saturated heterocycles. The first kappa shape index (κ1) is 25.4. The summed E-state index contributed by atoms with van der Waals surface area (Å²) in [5, 5.41) is 8.48. The Bertz CT molecular complexity index is 1770. The highest BCUT2D eigenvalue weighted by Gasteiger charge is 2.45.